The Morgan fingerprint density at radius 1 is 1.03 bits per heavy atom. The molecule has 0 bridgehead atoms. The zero-order valence-corrected chi connectivity index (χ0v) is 19.0. The molecule has 2 aromatic carbocycles. The van der Waals surface area contributed by atoms with Crippen LogP contribution in [0.3, 0.4) is 0 Å². The van der Waals surface area contributed by atoms with E-state index in [0.717, 1.165) is 10.1 Å². The summed E-state index contributed by atoms with van der Waals surface area (Å²) in [7, 11) is 0. The molecule has 0 aliphatic carbocycles. The van der Waals surface area contributed by atoms with Gasteiger partial charge in [-0.3, -0.25) is 4.57 Å². The van der Waals surface area contributed by atoms with Crippen LogP contribution >= 0.6 is 11.6 Å². The Morgan fingerprint density at radius 3 is 2.43 bits per heavy atom. The first-order valence-electron chi connectivity index (χ1n) is 10.5. The van der Waals surface area contributed by atoms with Crippen LogP contribution in [0.25, 0.3) is 0 Å². The Kier molecular flexibility index (Phi) is 7.51. The van der Waals surface area contributed by atoms with Gasteiger partial charge >= 0.3 is 11.4 Å². The number of ether oxygens (including phenoxy) is 1. The van der Waals surface area contributed by atoms with Crippen LogP contribution in [0, 0.1) is 0 Å². The molecule has 0 amide bonds. The van der Waals surface area contributed by atoms with Crippen LogP contribution in [0.4, 0.5) is 11.6 Å². The molecule has 0 saturated carbocycles. The number of hydrogen-bond donors (Lipinski definition) is 3. The van der Waals surface area contributed by atoms with E-state index in [-0.39, 0.29) is 12.5 Å². The number of halogens is 1. The number of anilines is 2. The molecule has 2 aromatic heterocycles. The number of aliphatic hydroxyl groups is 2. The third-order valence-electron chi connectivity index (χ3n) is 4.89. The maximum atomic E-state index is 13.2. The molecule has 0 spiro atoms. The summed E-state index contributed by atoms with van der Waals surface area (Å²) in [5.74, 6) is 0.851. The minimum Gasteiger partial charge on any atom is -0.438 e. The molecule has 0 fully saturated rings. The van der Waals surface area contributed by atoms with Crippen LogP contribution in [0.1, 0.15) is 5.56 Å². The SMILES string of the molecule is O=c1nc(Nc2ccc(Oc3cccnn3)cc2)n(Cc2ccc(Cl)cc2)c(=O)n1C[C@H](O)CO. The summed E-state index contributed by atoms with van der Waals surface area (Å²) >= 11 is 5.96. The lowest BCUT2D eigenvalue weighted by atomic mass is 10.2. The molecule has 0 aliphatic rings. The van der Waals surface area contributed by atoms with Gasteiger partial charge in [-0.15, -0.1) is 5.10 Å². The van der Waals surface area contributed by atoms with Gasteiger partial charge in [-0.05, 0) is 48.0 Å². The van der Waals surface area contributed by atoms with E-state index in [1.807, 2.05) is 0 Å². The van der Waals surface area contributed by atoms with Crippen molar-refractivity contribution in [3.63, 3.8) is 0 Å². The predicted molar refractivity (Wildman–Crippen MR) is 128 cm³/mol. The fourth-order valence-corrected chi connectivity index (χ4v) is 3.29. The Labute approximate surface area is 203 Å². The van der Waals surface area contributed by atoms with E-state index >= 15 is 0 Å². The molecule has 4 rings (SSSR count). The van der Waals surface area contributed by atoms with E-state index in [0.29, 0.717) is 22.3 Å². The van der Waals surface area contributed by atoms with Crippen LogP contribution < -0.4 is 21.4 Å². The molecule has 3 N–H and O–H groups in total. The molecule has 0 aliphatic heterocycles. The van der Waals surface area contributed by atoms with E-state index in [4.69, 9.17) is 21.4 Å². The molecule has 0 radical (unpaired) electrons. The van der Waals surface area contributed by atoms with Crippen LogP contribution in [-0.4, -0.2) is 47.2 Å². The molecule has 11 nitrogen and oxygen atoms in total. The van der Waals surface area contributed by atoms with Gasteiger partial charge in [-0.1, -0.05) is 23.7 Å². The van der Waals surface area contributed by atoms with Crippen molar-refractivity contribution in [3.8, 4) is 11.6 Å². The number of aromatic nitrogens is 5. The largest absolute Gasteiger partial charge is 0.438 e. The van der Waals surface area contributed by atoms with Crippen LogP contribution in [0.5, 0.6) is 11.6 Å². The quantitative estimate of drug-likeness (QED) is 0.315. The molecule has 4 aromatic rings. The van der Waals surface area contributed by atoms with Crippen LogP contribution in [-0.2, 0) is 13.1 Å². The zero-order valence-electron chi connectivity index (χ0n) is 18.3. The van der Waals surface area contributed by atoms with Crippen molar-refractivity contribution in [3.05, 3.63) is 98.4 Å². The molecule has 35 heavy (non-hydrogen) atoms. The average Bonchev–Trinajstić information content (AvgIpc) is 2.87. The summed E-state index contributed by atoms with van der Waals surface area (Å²) in [6, 6.07) is 17.0. The molecule has 180 valence electrons. The highest BCUT2D eigenvalue weighted by molar-refractivity contribution is 6.30. The first-order chi connectivity index (χ1) is 16.9. The maximum absolute atomic E-state index is 13.2. The van der Waals surface area contributed by atoms with Gasteiger partial charge in [0, 0.05) is 23.0 Å². The van der Waals surface area contributed by atoms with Gasteiger partial charge in [-0.25, -0.2) is 14.2 Å². The van der Waals surface area contributed by atoms with Gasteiger partial charge < -0.3 is 20.3 Å². The topological polar surface area (TPSA) is 144 Å². The molecule has 1 atom stereocenters. The van der Waals surface area contributed by atoms with Crippen molar-refractivity contribution in [2.24, 2.45) is 0 Å². The maximum Gasteiger partial charge on any atom is 0.355 e. The normalized spacial score (nSPS) is 11.7. The van der Waals surface area contributed by atoms with Gasteiger partial charge in [0.05, 0.1) is 25.8 Å². The van der Waals surface area contributed by atoms with E-state index in [9.17, 15) is 14.7 Å². The van der Waals surface area contributed by atoms with E-state index in [2.05, 4.69) is 20.5 Å². The lowest BCUT2D eigenvalue weighted by Crippen LogP contribution is -2.45. The minimum absolute atomic E-state index is 0.00674. The van der Waals surface area contributed by atoms with Gasteiger partial charge in [0.25, 0.3) is 0 Å². The highest BCUT2D eigenvalue weighted by atomic mass is 35.5. The molecule has 0 saturated heterocycles. The second kappa shape index (κ2) is 10.9. The summed E-state index contributed by atoms with van der Waals surface area (Å²) in [5, 5.41) is 30.0. The Morgan fingerprint density at radius 2 is 1.77 bits per heavy atom. The number of hydrogen-bond acceptors (Lipinski definition) is 9. The fraction of sp³-hybridized carbons (Fsp3) is 0.174. The highest BCUT2D eigenvalue weighted by Crippen LogP contribution is 2.22. The Balaban J connectivity index is 1.65. The number of aliphatic hydroxyl groups excluding tert-OH is 2. The standard InChI is InChI=1S/C23H21ClN6O5/c24-16-5-3-15(4-6-16)12-29-21(27-22(33)30(23(29)34)13-18(32)14-31)26-17-7-9-19(10-8-17)35-20-2-1-11-25-28-20/h1-11,18,31-32H,12-14H2,(H,26,27,33)/t18-/m0/s1. The first kappa shape index (κ1) is 24.1. The van der Waals surface area contributed by atoms with Crippen molar-refractivity contribution >= 4 is 23.2 Å². The lowest BCUT2D eigenvalue weighted by Gasteiger charge is -2.17. The molecular formula is C23H21ClN6O5. The van der Waals surface area contributed by atoms with Gasteiger partial charge in [0.15, 0.2) is 0 Å². The third-order valence-corrected chi connectivity index (χ3v) is 5.14. The molecule has 0 unspecified atom stereocenters. The number of benzene rings is 2. The fourth-order valence-electron chi connectivity index (χ4n) is 3.16. The van der Waals surface area contributed by atoms with Crippen LogP contribution in [0.15, 0.2) is 76.4 Å². The summed E-state index contributed by atoms with van der Waals surface area (Å²) in [6.45, 7) is -0.919. The van der Waals surface area contributed by atoms with E-state index < -0.39 is 30.6 Å². The minimum atomic E-state index is -1.29. The summed E-state index contributed by atoms with van der Waals surface area (Å²) < 4.78 is 7.66. The van der Waals surface area contributed by atoms with E-state index in [1.54, 1.807) is 60.7 Å². The summed E-state index contributed by atoms with van der Waals surface area (Å²) in [4.78, 5) is 29.8. The van der Waals surface area contributed by atoms with Crippen LogP contribution in [0.2, 0.25) is 5.02 Å². The van der Waals surface area contributed by atoms with Crippen molar-refractivity contribution in [1.82, 2.24) is 24.3 Å². The number of nitrogens with one attached hydrogen (secondary N) is 1. The van der Waals surface area contributed by atoms with Crippen molar-refractivity contribution in [1.29, 1.82) is 0 Å². The van der Waals surface area contributed by atoms with Crippen molar-refractivity contribution in [2.45, 2.75) is 19.2 Å². The number of rotatable bonds is 9. The van der Waals surface area contributed by atoms with Crippen molar-refractivity contribution < 1.29 is 14.9 Å². The highest BCUT2D eigenvalue weighted by Gasteiger charge is 2.16. The summed E-state index contributed by atoms with van der Waals surface area (Å²) in [5.41, 5.74) is -0.278. The molecule has 12 heteroatoms. The lowest BCUT2D eigenvalue weighted by molar-refractivity contribution is 0.0785. The zero-order chi connectivity index (χ0) is 24.8. The van der Waals surface area contributed by atoms with E-state index in [1.165, 1.54) is 10.8 Å². The van der Waals surface area contributed by atoms with Gasteiger partial charge in [0.2, 0.25) is 11.8 Å². The average molecular weight is 497 g/mol. The number of nitrogens with zero attached hydrogens (tertiary/aromatic N) is 5. The van der Waals surface area contributed by atoms with Gasteiger partial charge in [0.1, 0.15) is 5.75 Å². The predicted octanol–water partition coefficient (Wildman–Crippen LogP) is 1.79. The monoisotopic (exact) mass is 496 g/mol. The van der Waals surface area contributed by atoms with Crippen molar-refractivity contribution in [2.75, 3.05) is 11.9 Å². The second-order valence-corrected chi connectivity index (χ2v) is 7.91. The molecular weight excluding hydrogens is 476 g/mol. The second-order valence-electron chi connectivity index (χ2n) is 7.47. The first-order valence-corrected chi connectivity index (χ1v) is 10.9. The Hall–Kier alpha value is -4.06. The summed E-state index contributed by atoms with van der Waals surface area (Å²) in [6.07, 6.45) is 0.251. The van der Waals surface area contributed by atoms with Gasteiger partial charge in [-0.2, -0.15) is 10.1 Å². The third kappa shape index (κ3) is 6.09. The Bertz CT molecular complexity index is 1390. The molecule has 2 heterocycles. The smallest absolute Gasteiger partial charge is 0.355 e.